The zero-order valence-electron chi connectivity index (χ0n) is 18.5. The second kappa shape index (κ2) is 10.6. The van der Waals surface area contributed by atoms with Crippen LogP contribution in [0.4, 0.5) is 23.7 Å². The maximum atomic E-state index is 13.0. The fraction of sp³-hybridized carbons (Fsp3) is 0.348. The van der Waals surface area contributed by atoms with Crippen LogP contribution in [0.5, 0.6) is 0 Å². The van der Waals surface area contributed by atoms with Crippen LogP contribution < -0.4 is 21.7 Å². The van der Waals surface area contributed by atoms with Crippen molar-refractivity contribution in [3.05, 3.63) is 64.7 Å². The molecule has 1 atom stereocenters. The van der Waals surface area contributed by atoms with E-state index in [1.54, 1.807) is 0 Å². The predicted octanol–water partition coefficient (Wildman–Crippen LogP) is 2.62. The van der Waals surface area contributed by atoms with E-state index in [-0.39, 0.29) is 11.7 Å². The lowest BCUT2D eigenvalue weighted by Crippen LogP contribution is -2.43. The summed E-state index contributed by atoms with van der Waals surface area (Å²) in [6.07, 6.45) is -3.95. The van der Waals surface area contributed by atoms with Gasteiger partial charge in [0.05, 0.1) is 23.4 Å². The Morgan fingerprint density at radius 2 is 1.82 bits per heavy atom. The standard InChI is InChI=1S/C23H26F3N5O3/c1-14-2-4-15(5-3-14)12-31-9-8-17(13-31)29-20(32)11-28-21(33)18-10-16(23(24,25)26)6-7-19(18)30-22(27)34/h2-7,10,17H,8-9,11-13H2,1H3,(H,28,33)(H,29,32)(H3,27,30,34)/t17-/m1/s1. The van der Waals surface area contributed by atoms with Crippen molar-refractivity contribution < 1.29 is 27.6 Å². The van der Waals surface area contributed by atoms with Gasteiger partial charge in [-0.3, -0.25) is 14.5 Å². The number of halogens is 3. The Morgan fingerprint density at radius 1 is 1.12 bits per heavy atom. The Bertz CT molecular complexity index is 1060. The number of hydrogen-bond donors (Lipinski definition) is 4. The van der Waals surface area contributed by atoms with Crippen molar-refractivity contribution in [3.8, 4) is 0 Å². The lowest BCUT2D eigenvalue weighted by Gasteiger charge is -2.17. The van der Waals surface area contributed by atoms with Gasteiger partial charge in [-0.1, -0.05) is 29.8 Å². The van der Waals surface area contributed by atoms with Crippen molar-refractivity contribution in [1.82, 2.24) is 15.5 Å². The van der Waals surface area contributed by atoms with Crippen LogP contribution in [0.25, 0.3) is 0 Å². The summed E-state index contributed by atoms with van der Waals surface area (Å²) < 4.78 is 39.1. The van der Waals surface area contributed by atoms with Crippen LogP contribution in [0.1, 0.15) is 33.5 Å². The smallest absolute Gasteiger partial charge is 0.351 e. The number of aryl methyl sites for hydroxylation is 1. The van der Waals surface area contributed by atoms with E-state index in [9.17, 15) is 27.6 Å². The highest BCUT2D eigenvalue weighted by atomic mass is 19.4. The molecule has 1 heterocycles. The number of nitrogens with zero attached hydrogens (tertiary/aromatic N) is 1. The second-order valence-electron chi connectivity index (χ2n) is 8.20. The van der Waals surface area contributed by atoms with Gasteiger partial charge in [0.1, 0.15) is 0 Å². The Morgan fingerprint density at radius 3 is 2.47 bits per heavy atom. The topological polar surface area (TPSA) is 117 Å². The average molecular weight is 477 g/mol. The number of nitrogens with one attached hydrogen (secondary N) is 3. The number of carbonyl (C=O) groups is 3. The third kappa shape index (κ3) is 6.95. The maximum absolute atomic E-state index is 13.0. The molecule has 0 radical (unpaired) electrons. The molecule has 11 heteroatoms. The molecule has 0 unspecified atom stereocenters. The third-order valence-electron chi connectivity index (χ3n) is 5.42. The lowest BCUT2D eigenvalue weighted by atomic mass is 10.1. The van der Waals surface area contributed by atoms with E-state index < -0.39 is 41.7 Å². The number of hydrogen-bond acceptors (Lipinski definition) is 4. The van der Waals surface area contributed by atoms with Gasteiger partial charge in [0.2, 0.25) is 5.91 Å². The van der Waals surface area contributed by atoms with Crippen molar-refractivity contribution >= 4 is 23.5 Å². The van der Waals surface area contributed by atoms with Crippen LogP contribution >= 0.6 is 0 Å². The first-order valence-electron chi connectivity index (χ1n) is 10.6. The van der Waals surface area contributed by atoms with Crippen molar-refractivity contribution in [2.24, 2.45) is 5.73 Å². The molecule has 0 aromatic heterocycles. The minimum Gasteiger partial charge on any atom is -0.351 e. The summed E-state index contributed by atoms with van der Waals surface area (Å²) in [5.74, 6) is -1.41. The Balaban J connectivity index is 1.54. The first-order valence-corrected chi connectivity index (χ1v) is 10.6. The highest BCUT2D eigenvalue weighted by Gasteiger charge is 2.32. The number of primary amides is 1. The highest BCUT2D eigenvalue weighted by Crippen LogP contribution is 2.31. The van der Waals surface area contributed by atoms with Gasteiger partial charge in [-0.15, -0.1) is 0 Å². The molecule has 34 heavy (non-hydrogen) atoms. The van der Waals surface area contributed by atoms with Gasteiger partial charge in [-0.05, 0) is 37.1 Å². The molecule has 0 aliphatic carbocycles. The molecular weight excluding hydrogens is 451 g/mol. The van der Waals surface area contributed by atoms with Crippen LogP contribution in [0, 0.1) is 6.92 Å². The van der Waals surface area contributed by atoms with Crippen molar-refractivity contribution in [3.63, 3.8) is 0 Å². The van der Waals surface area contributed by atoms with Crippen LogP contribution in [0.2, 0.25) is 0 Å². The fourth-order valence-corrected chi connectivity index (χ4v) is 3.73. The molecule has 0 bridgehead atoms. The predicted molar refractivity (Wildman–Crippen MR) is 120 cm³/mol. The number of likely N-dealkylation sites (tertiary alicyclic amines) is 1. The zero-order valence-corrected chi connectivity index (χ0v) is 18.5. The Kier molecular flexibility index (Phi) is 7.77. The molecule has 3 rings (SSSR count). The normalized spacial score (nSPS) is 16.2. The number of amides is 4. The Labute approximate surface area is 194 Å². The van der Waals surface area contributed by atoms with Gasteiger partial charge < -0.3 is 21.7 Å². The summed E-state index contributed by atoms with van der Waals surface area (Å²) in [5, 5.41) is 7.24. The maximum Gasteiger partial charge on any atom is 0.416 e. The second-order valence-corrected chi connectivity index (χ2v) is 8.20. The summed E-state index contributed by atoms with van der Waals surface area (Å²) in [5.41, 5.74) is 5.66. The average Bonchev–Trinajstić information content (AvgIpc) is 3.19. The van der Waals surface area contributed by atoms with E-state index in [1.807, 2.05) is 19.1 Å². The molecule has 182 valence electrons. The number of alkyl halides is 3. The van der Waals surface area contributed by atoms with Gasteiger partial charge in [0, 0.05) is 25.7 Å². The molecule has 0 saturated carbocycles. The summed E-state index contributed by atoms with van der Waals surface area (Å²) >= 11 is 0. The molecule has 1 fully saturated rings. The van der Waals surface area contributed by atoms with Crippen LogP contribution in [-0.2, 0) is 17.5 Å². The lowest BCUT2D eigenvalue weighted by molar-refractivity contribution is -0.137. The van der Waals surface area contributed by atoms with E-state index in [1.165, 1.54) is 11.1 Å². The van der Waals surface area contributed by atoms with E-state index >= 15 is 0 Å². The van der Waals surface area contributed by atoms with E-state index in [0.29, 0.717) is 12.6 Å². The highest BCUT2D eigenvalue weighted by molar-refractivity contribution is 6.04. The zero-order chi connectivity index (χ0) is 24.9. The van der Waals surface area contributed by atoms with Crippen molar-refractivity contribution in [1.29, 1.82) is 0 Å². The van der Waals surface area contributed by atoms with Gasteiger partial charge in [-0.2, -0.15) is 13.2 Å². The number of carbonyl (C=O) groups excluding carboxylic acids is 3. The first kappa shape index (κ1) is 25.0. The first-order chi connectivity index (χ1) is 16.0. The summed E-state index contributed by atoms with van der Waals surface area (Å²) in [7, 11) is 0. The summed E-state index contributed by atoms with van der Waals surface area (Å²) in [6, 6.07) is 9.32. The van der Waals surface area contributed by atoms with E-state index in [4.69, 9.17) is 5.73 Å². The summed E-state index contributed by atoms with van der Waals surface area (Å²) in [6.45, 7) is 3.80. The van der Waals surface area contributed by atoms with Crippen molar-refractivity contribution in [2.45, 2.75) is 32.1 Å². The molecule has 1 aliphatic rings. The molecular formula is C23H26F3N5O3. The number of benzene rings is 2. The van der Waals surface area contributed by atoms with Crippen LogP contribution in [0.3, 0.4) is 0 Å². The largest absolute Gasteiger partial charge is 0.416 e. The fourth-order valence-electron chi connectivity index (χ4n) is 3.73. The number of nitrogens with two attached hydrogens (primary N) is 1. The van der Waals surface area contributed by atoms with Crippen LogP contribution in [-0.4, -0.2) is 48.4 Å². The number of urea groups is 1. The third-order valence-corrected chi connectivity index (χ3v) is 5.42. The quantitative estimate of drug-likeness (QED) is 0.491. The monoisotopic (exact) mass is 477 g/mol. The molecule has 2 aromatic carbocycles. The van der Waals surface area contributed by atoms with Crippen LogP contribution in [0.15, 0.2) is 42.5 Å². The molecule has 1 aliphatic heterocycles. The minimum atomic E-state index is -4.69. The number of anilines is 1. The molecule has 8 nitrogen and oxygen atoms in total. The number of rotatable bonds is 7. The molecule has 4 amide bonds. The summed E-state index contributed by atoms with van der Waals surface area (Å²) in [4.78, 5) is 38.1. The van der Waals surface area contributed by atoms with Gasteiger partial charge in [-0.25, -0.2) is 4.79 Å². The molecule has 0 spiro atoms. The minimum absolute atomic E-state index is 0.101. The van der Waals surface area contributed by atoms with E-state index in [0.717, 1.165) is 31.6 Å². The molecule has 2 aromatic rings. The van der Waals surface area contributed by atoms with Gasteiger partial charge in [0.25, 0.3) is 5.91 Å². The Hall–Kier alpha value is -3.60. The van der Waals surface area contributed by atoms with E-state index in [2.05, 4.69) is 33.0 Å². The van der Waals surface area contributed by atoms with Gasteiger partial charge in [0.15, 0.2) is 0 Å². The SMILES string of the molecule is Cc1ccc(CN2CC[C@@H](NC(=O)CNC(=O)c3cc(C(F)(F)F)ccc3NC(N)=O)C2)cc1. The van der Waals surface area contributed by atoms with Gasteiger partial charge >= 0.3 is 12.2 Å². The molecule has 5 N–H and O–H groups in total. The van der Waals surface area contributed by atoms with Crippen molar-refractivity contribution in [2.75, 3.05) is 25.0 Å². The molecule has 1 saturated heterocycles.